The molecule has 0 unspecified atom stereocenters. The van der Waals surface area contributed by atoms with Crippen LogP contribution in [0.2, 0.25) is 0 Å². The molecule has 19 heavy (non-hydrogen) atoms. The number of aromatic nitrogens is 3. The van der Waals surface area contributed by atoms with Gasteiger partial charge in [-0.05, 0) is 32.0 Å². The number of nitrogens with one attached hydrogen (secondary N) is 1. The summed E-state index contributed by atoms with van der Waals surface area (Å²) in [6, 6.07) is 3.92. The molecule has 0 saturated carbocycles. The van der Waals surface area contributed by atoms with Crippen molar-refractivity contribution >= 4 is 11.5 Å². The van der Waals surface area contributed by atoms with Crippen LogP contribution in [-0.2, 0) is 0 Å². The molecule has 0 bridgehead atoms. The van der Waals surface area contributed by atoms with E-state index in [1.54, 1.807) is 10.7 Å². The maximum Gasteiger partial charge on any atom is 0.153 e. The van der Waals surface area contributed by atoms with Gasteiger partial charge in [-0.15, -0.1) is 5.10 Å². The Hall–Kier alpha value is -1.66. The summed E-state index contributed by atoms with van der Waals surface area (Å²) in [4.78, 5) is 6.32. The normalized spacial score (nSPS) is 24.0. The Morgan fingerprint density at radius 3 is 3.21 bits per heavy atom. The van der Waals surface area contributed by atoms with Crippen LogP contribution in [0.25, 0.3) is 5.65 Å². The van der Waals surface area contributed by atoms with E-state index in [1.165, 1.54) is 0 Å². The first-order valence-electron chi connectivity index (χ1n) is 6.63. The van der Waals surface area contributed by atoms with E-state index in [1.807, 2.05) is 25.4 Å². The van der Waals surface area contributed by atoms with Gasteiger partial charge in [0.15, 0.2) is 5.65 Å². The Morgan fingerprint density at radius 1 is 1.47 bits per heavy atom. The molecule has 1 aliphatic rings. The first-order chi connectivity index (χ1) is 9.20. The van der Waals surface area contributed by atoms with Gasteiger partial charge < -0.3 is 15.3 Å². The molecule has 102 valence electrons. The highest BCUT2D eigenvalue weighted by molar-refractivity contribution is 5.46. The van der Waals surface area contributed by atoms with E-state index >= 15 is 0 Å². The molecule has 0 spiro atoms. The van der Waals surface area contributed by atoms with Gasteiger partial charge in [0.2, 0.25) is 0 Å². The fourth-order valence-electron chi connectivity index (χ4n) is 2.76. The summed E-state index contributed by atoms with van der Waals surface area (Å²) in [7, 11) is 1.87. The van der Waals surface area contributed by atoms with Crippen LogP contribution in [0.15, 0.2) is 24.5 Å². The second kappa shape index (κ2) is 4.79. The molecule has 0 amide bonds. The third-order valence-electron chi connectivity index (χ3n) is 3.63. The smallest absolute Gasteiger partial charge is 0.153 e. The lowest BCUT2D eigenvalue weighted by atomic mass is 9.93. The van der Waals surface area contributed by atoms with Crippen LogP contribution in [0.1, 0.15) is 12.8 Å². The number of piperidine rings is 1. The predicted molar refractivity (Wildman–Crippen MR) is 73.3 cm³/mol. The zero-order chi connectivity index (χ0) is 13.3. The van der Waals surface area contributed by atoms with Crippen LogP contribution in [0.4, 0.5) is 5.82 Å². The SMILES string of the molecule is CNC[C@@]1(O)CCCN(c2ccc3nccn3n2)C1. The highest BCUT2D eigenvalue weighted by Gasteiger charge is 2.33. The van der Waals surface area contributed by atoms with Crippen LogP contribution in [0, 0.1) is 0 Å². The molecule has 2 aromatic rings. The fraction of sp³-hybridized carbons (Fsp3) is 0.538. The van der Waals surface area contributed by atoms with Crippen LogP contribution >= 0.6 is 0 Å². The lowest BCUT2D eigenvalue weighted by molar-refractivity contribution is 0.0279. The Labute approximate surface area is 112 Å². The third-order valence-corrected chi connectivity index (χ3v) is 3.63. The second-order valence-corrected chi connectivity index (χ2v) is 5.20. The molecule has 1 saturated heterocycles. The average molecular weight is 261 g/mol. The molecule has 3 rings (SSSR count). The quantitative estimate of drug-likeness (QED) is 0.831. The van der Waals surface area contributed by atoms with Gasteiger partial charge in [-0.1, -0.05) is 0 Å². The van der Waals surface area contributed by atoms with Crippen molar-refractivity contribution in [2.75, 3.05) is 31.6 Å². The summed E-state index contributed by atoms with van der Waals surface area (Å²) >= 11 is 0. The summed E-state index contributed by atoms with van der Waals surface area (Å²) in [5.41, 5.74) is 0.171. The molecule has 6 heteroatoms. The van der Waals surface area contributed by atoms with Crippen molar-refractivity contribution in [2.24, 2.45) is 0 Å². The monoisotopic (exact) mass is 261 g/mol. The van der Waals surface area contributed by atoms with Gasteiger partial charge >= 0.3 is 0 Å². The van der Waals surface area contributed by atoms with Crippen LogP contribution < -0.4 is 10.2 Å². The molecule has 0 radical (unpaired) electrons. The molecule has 2 N–H and O–H groups in total. The van der Waals surface area contributed by atoms with Crippen molar-refractivity contribution in [3.8, 4) is 0 Å². The van der Waals surface area contributed by atoms with E-state index in [9.17, 15) is 5.11 Å². The Balaban J connectivity index is 1.84. The number of imidazole rings is 1. The van der Waals surface area contributed by atoms with E-state index in [2.05, 4.69) is 20.3 Å². The van der Waals surface area contributed by atoms with Gasteiger partial charge in [0.25, 0.3) is 0 Å². The first-order valence-corrected chi connectivity index (χ1v) is 6.63. The summed E-state index contributed by atoms with van der Waals surface area (Å²) in [5.74, 6) is 0.889. The summed E-state index contributed by atoms with van der Waals surface area (Å²) in [6.07, 6.45) is 5.38. The van der Waals surface area contributed by atoms with Crippen molar-refractivity contribution in [1.29, 1.82) is 0 Å². The number of hydrogen-bond acceptors (Lipinski definition) is 5. The van der Waals surface area contributed by atoms with Crippen molar-refractivity contribution in [3.05, 3.63) is 24.5 Å². The van der Waals surface area contributed by atoms with Gasteiger partial charge in [0, 0.05) is 32.0 Å². The van der Waals surface area contributed by atoms with E-state index in [4.69, 9.17) is 0 Å². The number of anilines is 1. The van der Waals surface area contributed by atoms with E-state index in [0.717, 1.165) is 30.9 Å². The molecule has 1 atom stereocenters. The van der Waals surface area contributed by atoms with Crippen LogP contribution in [0.5, 0.6) is 0 Å². The van der Waals surface area contributed by atoms with Crippen LogP contribution in [0.3, 0.4) is 0 Å². The highest BCUT2D eigenvalue weighted by Crippen LogP contribution is 2.24. The number of likely N-dealkylation sites (N-methyl/N-ethyl adjacent to an activating group) is 1. The lowest BCUT2D eigenvalue weighted by Crippen LogP contribution is -2.53. The largest absolute Gasteiger partial charge is 0.387 e. The van der Waals surface area contributed by atoms with Crippen LogP contribution in [-0.4, -0.2) is 52.0 Å². The number of β-amino-alcohol motifs (C(OH)–C–C–N with tert-alkyl or cyclic N) is 1. The molecule has 1 fully saturated rings. The van der Waals surface area contributed by atoms with E-state index < -0.39 is 5.60 Å². The lowest BCUT2D eigenvalue weighted by Gasteiger charge is -2.39. The zero-order valence-corrected chi connectivity index (χ0v) is 11.1. The number of aliphatic hydroxyl groups is 1. The van der Waals surface area contributed by atoms with Crippen molar-refractivity contribution < 1.29 is 5.11 Å². The average Bonchev–Trinajstić information content (AvgIpc) is 2.85. The summed E-state index contributed by atoms with van der Waals surface area (Å²) < 4.78 is 1.76. The second-order valence-electron chi connectivity index (χ2n) is 5.20. The van der Waals surface area contributed by atoms with Gasteiger partial charge in [0.05, 0.1) is 5.60 Å². The Bertz CT molecular complexity index is 565. The minimum absolute atomic E-state index is 0.608. The van der Waals surface area contributed by atoms with E-state index in [-0.39, 0.29) is 0 Å². The third kappa shape index (κ3) is 2.41. The molecule has 0 aromatic carbocycles. The van der Waals surface area contributed by atoms with Gasteiger partial charge in [-0.3, -0.25) is 0 Å². The predicted octanol–water partition coefficient (Wildman–Crippen LogP) is 0.280. The minimum atomic E-state index is -0.668. The maximum absolute atomic E-state index is 10.5. The van der Waals surface area contributed by atoms with Gasteiger partial charge in [-0.2, -0.15) is 0 Å². The number of hydrogen-bond donors (Lipinski definition) is 2. The molecule has 6 nitrogen and oxygen atoms in total. The molecule has 0 aliphatic carbocycles. The molecule has 2 aromatic heterocycles. The van der Waals surface area contributed by atoms with Crippen molar-refractivity contribution in [1.82, 2.24) is 19.9 Å². The maximum atomic E-state index is 10.5. The standard InChI is InChI=1S/C13H19N5O/c1-14-9-13(19)5-2-7-17(10-13)12-4-3-11-15-6-8-18(11)16-12/h3-4,6,8,14,19H,2,5,7,9-10H2,1H3/t13-/m0/s1. The first kappa shape index (κ1) is 12.4. The van der Waals surface area contributed by atoms with E-state index in [0.29, 0.717) is 13.1 Å². The number of rotatable bonds is 3. The summed E-state index contributed by atoms with van der Waals surface area (Å²) in [5, 5.41) is 18.1. The molecule has 3 heterocycles. The minimum Gasteiger partial charge on any atom is -0.387 e. The van der Waals surface area contributed by atoms with Gasteiger partial charge in [-0.25, -0.2) is 9.50 Å². The highest BCUT2D eigenvalue weighted by atomic mass is 16.3. The van der Waals surface area contributed by atoms with Crippen molar-refractivity contribution in [2.45, 2.75) is 18.4 Å². The topological polar surface area (TPSA) is 65.7 Å². The van der Waals surface area contributed by atoms with Gasteiger partial charge in [0.1, 0.15) is 5.82 Å². The Morgan fingerprint density at radius 2 is 2.37 bits per heavy atom. The fourth-order valence-corrected chi connectivity index (χ4v) is 2.76. The molecular formula is C13H19N5O. The zero-order valence-electron chi connectivity index (χ0n) is 11.1. The molecular weight excluding hydrogens is 242 g/mol. The molecule has 1 aliphatic heterocycles. The van der Waals surface area contributed by atoms with Crippen molar-refractivity contribution in [3.63, 3.8) is 0 Å². The Kier molecular flexibility index (Phi) is 3.12. The number of nitrogens with zero attached hydrogens (tertiary/aromatic N) is 4. The summed E-state index contributed by atoms with van der Waals surface area (Å²) in [6.45, 7) is 2.15. The number of fused-ring (bicyclic) bond motifs is 1.